The topological polar surface area (TPSA) is 141 Å². The number of esters is 2. The van der Waals surface area contributed by atoms with Gasteiger partial charge in [0.2, 0.25) is 5.54 Å². The van der Waals surface area contributed by atoms with Gasteiger partial charge in [0.25, 0.3) is 17.7 Å². The maximum atomic E-state index is 13.9. The Kier molecular flexibility index (Phi) is 11.5. The number of ether oxygens (including phenoxy) is 4. The van der Waals surface area contributed by atoms with E-state index in [2.05, 4.69) is 5.32 Å². The van der Waals surface area contributed by atoms with Gasteiger partial charge in [-0.2, -0.15) is 0 Å². The lowest BCUT2D eigenvalue weighted by atomic mass is 9.90. The number of hydrogen-bond donors (Lipinski definition) is 1. The lowest BCUT2D eigenvalue weighted by molar-refractivity contribution is -0.163. The second-order valence-corrected chi connectivity index (χ2v) is 12.9. The van der Waals surface area contributed by atoms with Crippen LogP contribution in [0.1, 0.15) is 63.0 Å². The van der Waals surface area contributed by atoms with E-state index in [1.807, 2.05) is 38.1 Å². The van der Waals surface area contributed by atoms with Crippen LogP contribution in [0.3, 0.4) is 0 Å². The average Bonchev–Trinajstić information content (AvgIpc) is 3.36. The maximum absolute atomic E-state index is 13.9. The number of nitrogens with zero attached hydrogens (tertiary/aromatic N) is 2. The molecule has 0 radical (unpaired) electrons. The number of carbonyl (C=O) groups excluding carboxylic acids is 5. The van der Waals surface area contributed by atoms with Gasteiger partial charge in [0, 0.05) is 37.8 Å². The van der Waals surface area contributed by atoms with Crippen molar-refractivity contribution in [2.75, 3.05) is 46.8 Å². The first-order valence-electron chi connectivity index (χ1n) is 17.1. The molecule has 0 fully saturated rings. The molecule has 0 spiro atoms. The highest BCUT2D eigenvalue weighted by atomic mass is 16.6. The van der Waals surface area contributed by atoms with Crippen molar-refractivity contribution in [3.8, 4) is 22.6 Å². The summed E-state index contributed by atoms with van der Waals surface area (Å²) in [5.74, 6) is -1.55. The number of hydrogen-bond acceptors (Lipinski definition) is 9. The molecule has 0 saturated heterocycles. The summed E-state index contributed by atoms with van der Waals surface area (Å²) < 4.78 is 22.4. The number of rotatable bonds is 13. The van der Waals surface area contributed by atoms with E-state index in [0.717, 1.165) is 5.56 Å². The summed E-state index contributed by atoms with van der Waals surface area (Å²) in [4.78, 5) is 69.7. The second kappa shape index (κ2) is 16.0. The molecule has 0 bridgehead atoms. The molecule has 0 aliphatic carbocycles. The third kappa shape index (κ3) is 7.71. The van der Waals surface area contributed by atoms with E-state index in [4.69, 9.17) is 18.9 Å². The summed E-state index contributed by atoms with van der Waals surface area (Å²) in [6, 6.07) is 23.8. The Morgan fingerprint density at radius 2 is 1.60 bits per heavy atom. The lowest BCUT2D eigenvalue weighted by Gasteiger charge is -2.33. The third-order valence-corrected chi connectivity index (χ3v) is 8.86. The number of amides is 3. The van der Waals surface area contributed by atoms with Crippen LogP contribution in [0.15, 0.2) is 84.9 Å². The fourth-order valence-electron chi connectivity index (χ4n) is 6.28. The summed E-state index contributed by atoms with van der Waals surface area (Å²) in [6.45, 7) is 5.11. The highest BCUT2D eigenvalue weighted by molar-refractivity contribution is 6.12. The van der Waals surface area contributed by atoms with Crippen LogP contribution >= 0.6 is 0 Å². The third-order valence-electron chi connectivity index (χ3n) is 8.86. The zero-order valence-corrected chi connectivity index (χ0v) is 30.9. The summed E-state index contributed by atoms with van der Waals surface area (Å²) in [6.07, 6.45) is -0.270. The van der Waals surface area contributed by atoms with Gasteiger partial charge in [-0.3, -0.25) is 19.2 Å². The molecule has 276 valence electrons. The molecule has 1 atom stereocenters. The second-order valence-electron chi connectivity index (χ2n) is 12.9. The standard InChI is InChI=1S/C41H43N3O9/c1-8-51-40(49)41(32-14-10-9-12-29(32)39(48)44(41)6)24-52-35(45)23-26-16-21-33(31(22-26)38(47)43(4)5)42-37(46)30-13-11-15-34(50-7)36(30)27-17-19-28(20-18-27)53-25(2)3/h9-22,25H,8,23-24H2,1-7H3,(H,42,46)/t41-/m0/s1. The van der Waals surface area contributed by atoms with Crippen LogP contribution in [0.4, 0.5) is 5.69 Å². The van der Waals surface area contributed by atoms with Crippen LogP contribution in [0.2, 0.25) is 0 Å². The van der Waals surface area contributed by atoms with Gasteiger partial charge in [-0.1, -0.05) is 42.5 Å². The fourth-order valence-corrected chi connectivity index (χ4v) is 6.28. The molecule has 12 nitrogen and oxygen atoms in total. The number of nitrogens with one attached hydrogen (secondary N) is 1. The molecule has 0 aromatic heterocycles. The Hall–Kier alpha value is -6.17. The first-order chi connectivity index (χ1) is 25.3. The van der Waals surface area contributed by atoms with Crippen molar-refractivity contribution in [3.05, 3.63) is 113 Å². The summed E-state index contributed by atoms with van der Waals surface area (Å²) >= 11 is 0. The summed E-state index contributed by atoms with van der Waals surface area (Å²) in [5.41, 5.74) is 1.42. The van der Waals surface area contributed by atoms with Crippen molar-refractivity contribution in [2.45, 2.75) is 38.8 Å². The molecule has 3 amide bonds. The molecule has 1 aliphatic rings. The van der Waals surface area contributed by atoms with Crippen LogP contribution in [-0.4, -0.2) is 87.0 Å². The fraction of sp³-hybridized carbons (Fsp3) is 0.293. The molecule has 4 aromatic carbocycles. The quantitative estimate of drug-likeness (QED) is 0.171. The van der Waals surface area contributed by atoms with E-state index in [1.54, 1.807) is 75.6 Å². The molecule has 1 N–H and O–H groups in total. The van der Waals surface area contributed by atoms with Gasteiger partial charge in [0.05, 0.1) is 43.1 Å². The van der Waals surface area contributed by atoms with Gasteiger partial charge >= 0.3 is 11.9 Å². The van der Waals surface area contributed by atoms with E-state index >= 15 is 0 Å². The van der Waals surface area contributed by atoms with Crippen molar-refractivity contribution in [2.24, 2.45) is 0 Å². The van der Waals surface area contributed by atoms with E-state index in [9.17, 15) is 24.0 Å². The van der Waals surface area contributed by atoms with Gasteiger partial charge in [-0.15, -0.1) is 0 Å². The van der Waals surface area contributed by atoms with E-state index in [0.29, 0.717) is 39.3 Å². The lowest BCUT2D eigenvalue weighted by Crippen LogP contribution is -2.52. The van der Waals surface area contributed by atoms with E-state index in [1.165, 1.54) is 30.0 Å². The molecular weight excluding hydrogens is 678 g/mol. The van der Waals surface area contributed by atoms with E-state index < -0.39 is 41.8 Å². The molecule has 1 heterocycles. The Labute approximate surface area is 308 Å². The SMILES string of the molecule is CCOC(=O)[C@]1(COC(=O)Cc2ccc(NC(=O)c3cccc(OC)c3-c3ccc(OC(C)C)cc3)c(C(=O)N(C)C)c2)c2ccccc2C(=O)N1C. The first-order valence-corrected chi connectivity index (χ1v) is 17.1. The summed E-state index contributed by atoms with van der Waals surface area (Å²) in [5, 5.41) is 2.88. The predicted octanol–water partition coefficient (Wildman–Crippen LogP) is 5.73. The molecule has 4 aromatic rings. The predicted molar refractivity (Wildman–Crippen MR) is 198 cm³/mol. The summed E-state index contributed by atoms with van der Waals surface area (Å²) in [7, 11) is 6.14. The van der Waals surface area contributed by atoms with Crippen molar-refractivity contribution in [1.82, 2.24) is 9.80 Å². The van der Waals surface area contributed by atoms with Crippen LogP contribution in [0.5, 0.6) is 11.5 Å². The minimum atomic E-state index is -1.66. The molecular formula is C41H43N3O9. The number of anilines is 1. The Morgan fingerprint density at radius 1 is 0.887 bits per heavy atom. The van der Waals surface area contributed by atoms with Gasteiger partial charge in [0.1, 0.15) is 18.1 Å². The van der Waals surface area contributed by atoms with Crippen molar-refractivity contribution >= 4 is 35.3 Å². The molecule has 5 rings (SSSR count). The van der Waals surface area contributed by atoms with Crippen LogP contribution in [0.25, 0.3) is 11.1 Å². The number of methoxy groups -OCH3 is 1. The van der Waals surface area contributed by atoms with Crippen LogP contribution < -0.4 is 14.8 Å². The number of benzene rings is 4. The molecule has 1 aliphatic heterocycles. The van der Waals surface area contributed by atoms with Gasteiger partial charge in [0.15, 0.2) is 0 Å². The number of carbonyl (C=O) groups is 5. The van der Waals surface area contributed by atoms with Crippen LogP contribution in [-0.2, 0) is 31.0 Å². The molecule has 0 unspecified atom stereocenters. The Morgan fingerprint density at radius 3 is 2.26 bits per heavy atom. The highest BCUT2D eigenvalue weighted by Crippen LogP contribution is 2.40. The zero-order chi connectivity index (χ0) is 38.4. The van der Waals surface area contributed by atoms with Crippen molar-refractivity contribution < 1.29 is 42.9 Å². The maximum Gasteiger partial charge on any atom is 0.340 e. The monoisotopic (exact) mass is 721 g/mol. The van der Waals surface area contributed by atoms with Gasteiger partial charge in [-0.25, -0.2) is 4.79 Å². The average molecular weight is 722 g/mol. The largest absolute Gasteiger partial charge is 0.496 e. The molecule has 53 heavy (non-hydrogen) atoms. The van der Waals surface area contributed by atoms with Crippen molar-refractivity contribution in [1.29, 1.82) is 0 Å². The Balaban J connectivity index is 1.40. The molecule has 0 saturated carbocycles. The van der Waals surface area contributed by atoms with Gasteiger partial charge < -0.3 is 34.1 Å². The highest BCUT2D eigenvalue weighted by Gasteiger charge is 2.55. The minimum Gasteiger partial charge on any atom is -0.496 e. The zero-order valence-electron chi connectivity index (χ0n) is 30.9. The first kappa shape index (κ1) is 38.1. The van der Waals surface area contributed by atoms with Gasteiger partial charge in [-0.05, 0) is 74.4 Å². The van der Waals surface area contributed by atoms with Crippen LogP contribution in [0, 0.1) is 0 Å². The normalized spacial score (nSPS) is 14.7. The number of likely N-dealkylation sites (N-methyl/N-ethyl adjacent to an activating group) is 1. The van der Waals surface area contributed by atoms with E-state index in [-0.39, 0.29) is 30.4 Å². The Bertz CT molecular complexity index is 2040. The smallest absolute Gasteiger partial charge is 0.340 e. The number of fused-ring (bicyclic) bond motifs is 1. The molecule has 12 heteroatoms. The van der Waals surface area contributed by atoms with Crippen molar-refractivity contribution in [3.63, 3.8) is 0 Å². The minimum absolute atomic E-state index is 0.00273.